The van der Waals surface area contributed by atoms with E-state index in [1.54, 1.807) is 6.92 Å². The Hall–Kier alpha value is -2.74. The molecule has 0 spiro atoms. The molecule has 0 bridgehead atoms. The van der Waals surface area contributed by atoms with E-state index in [0.717, 1.165) is 0 Å². The zero-order valence-corrected chi connectivity index (χ0v) is 13.3. The van der Waals surface area contributed by atoms with Crippen molar-refractivity contribution in [2.24, 2.45) is 0 Å². The van der Waals surface area contributed by atoms with Crippen LogP contribution in [0.25, 0.3) is 0 Å². The molecule has 0 heterocycles. The molecule has 122 valence electrons. The monoisotopic (exact) mass is 335 g/mol. The summed E-state index contributed by atoms with van der Waals surface area (Å²) in [6.07, 6.45) is 0. The largest absolute Gasteiger partial charge is 0.462 e. The first-order valence-electron chi connectivity index (χ1n) is 6.79. The van der Waals surface area contributed by atoms with Crippen molar-refractivity contribution in [3.05, 3.63) is 48.0 Å². The van der Waals surface area contributed by atoms with Crippen molar-refractivity contribution in [3.8, 4) is 0 Å². The molecule has 0 saturated heterocycles. The number of esters is 1. The molecule has 0 aliphatic heterocycles. The number of carbonyl (C=O) groups excluding carboxylic acids is 1. The van der Waals surface area contributed by atoms with Crippen molar-refractivity contribution in [2.45, 2.75) is 11.8 Å². The fourth-order valence-corrected chi connectivity index (χ4v) is 3.12. The Labute approximate surface area is 134 Å². The average Bonchev–Trinajstić information content (AvgIpc) is 2.50. The highest BCUT2D eigenvalue weighted by Gasteiger charge is 2.19. The third kappa shape index (κ3) is 3.72. The van der Waals surface area contributed by atoms with E-state index >= 15 is 0 Å². The van der Waals surface area contributed by atoms with Crippen LogP contribution in [0.4, 0.5) is 17.1 Å². The van der Waals surface area contributed by atoms with Gasteiger partial charge in [0.05, 0.1) is 23.5 Å². The lowest BCUT2D eigenvalue weighted by molar-refractivity contribution is 0.0526. The molecule has 0 aliphatic rings. The van der Waals surface area contributed by atoms with Crippen molar-refractivity contribution in [1.82, 2.24) is 0 Å². The van der Waals surface area contributed by atoms with Crippen LogP contribution in [0.2, 0.25) is 0 Å². The number of ether oxygens (including phenoxy) is 1. The van der Waals surface area contributed by atoms with Gasteiger partial charge in [-0.15, -0.1) is 0 Å². The minimum atomic E-state index is -3.88. The zero-order chi connectivity index (χ0) is 17.0. The van der Waals surface area contributed by atoms with Gasteiger partial charge in [0.25, 0.3) is 10.0 Å². The van der Waals surface area contributed by atoms with E-state index in [1.807, 2.05) is 0 Å². The zero-order valence-electron chi connectivity index (χ0n) is 12.4. The molecular weight excluding hydrogens is 318 g/mol. The van der Waals surface area contributed by atoms with Gasteiger partial charge in [-0.25, -0.2) is 13.2 Å². The maximum atomic E-state index is 12.4. The van der Waals surface area contributed by atoms with Crippen LogP contribution in [0.3, 0.4) is 0 Å². The summed E-state index contributed by atoms with van der Waals surface area (Å²) >= 11 is 0. The number of para-hydroxylation sites is 1. The van der Waals surface area contributed by atoms with Gasteiger partial charge in [0.2, 0.25) is 0 Å². The Morgan fingerprint density at radius 2 is 1.78 bits per heavy atom. The van der Waals surface area contributed by atoms with Crippen LogP contribution in [0.15, 0.2) is 47.4 Å². The van der Waals surface area contributed by atoms with Gasteiger partial charge < -0.3 is 16.2 Å². The Morgan fingerprint density at radius 3 is 2.39 bits per heavy atom. The SMILES string of the molecule is CCOC(=O)c1ccc(NS(=O)(=O)c2cccc(N)c2N)cc1. The molecule has 0 atom stereocenters. The van der Waals surface area contributed by atoms with E-state index in [-0.39, 0.29) is 22.9 Å². The molecule has 7 nitrogen and oxygen atoms in total. The first-order chi connectivity index (χ1) is 10.8. The standard InChI is InChI=1S/C15H17N3O4S/c1-2-22-15(19)10-6-8-11(9-7-10)18-23(20,21)13-5-3-4-12(16)14(13)17/h3-9,18H,2,16-17H2,1H3. The number of hydrogen-bond acceptors (Lipinski definition) is 6. The molecule has 0 aromatic heterocycles. The van der Waals surface area contributed by atoms with Crippen molar-refractivity contribution >= 4 is 33.1 Å². The van der Waals surface area contributed by atoms with Crippen LogP contribution < -0.4 is 16.2 Å². The summed E-state index contributed by atoms with van der Waals surface area (Å²) in [5.41, 5.74) is 12.1. The normalized spacial score (nSPS) is 11.0. The number of hydrogen-bond donors (Lipinski definition) is 3. The van der Waals surface area contributed by atoms with Crippen LogP contribution in [-0.2, 0) is 14.8 Å². The van der Waals surface area contributed by atoms with Crippen molar-refractivity contribution in [1.29, 1.82) is 0 Å². The van der Waals surface area contributed by atoms with E-state index < -0.39 is 16.0 Å². The first-order valence-corrected chi connectivity index (χ1v) is 8.27. The number of rotatable bonds is 5. The summed E-state index contributed by atoms with van der Waals surface area (Å²) in [7, 11) is -3.88. The van der Waals surface area contributed by atoms with Crippen LogP contribution in [0.1, 0.15) is 17.3 Å². The summed E-state index contributed by atoms with van der Waals surface area (Å²) in [6.45, 7) is 1.97. The number of nitrogens with one attached hydrogen (secondary N) is 1. The van der Waals surface area contributed by atoms with Crippen LogP contribution >= 0.6 is 0 Å². The van der Waals surface area contributed by atoms with Gasteiger partial charge in [-0.3, -0.25) is 4.72 Å². The van der Waals surface area contributed by atoms with Gasteiger partial charge in [0.1, 0.15) is 4.90 Å². The molecule has 23 heavy (non-hydrogen) atoms. The smallest absolute Gasteiger partial charge is 0.338 e. The van der Waals surface area contributed by atoms with Gasteiger partial charge in [-0.2, -0.15) is 0 Å². The number of nitrogens with two attached hydrogens (primary N) is 2. The maximum Gasteiger partial charge on any atom is 0.338 e. The van der Waals surface area contributed by atoms with Gasteiger partial charge in [-0.1, -0.05) is 6.07 Å². The Kier molecular flexibility index (Phi) is 4.75. The molecule has 0 aliphatic carbocycles. The van der Waals surface area contributed by atoms with E-state index in [1.165, 1.54) is 42.5 Å². The summed E-state index contributed by atoms with van der Waals surface area (Å²) in [5, 5.41) is 0. The predicted octanol–water partition coefficient (Wildman–Crippen LogP) is 1.83. The predicted molar refractivity (Wildman–Crippen MR) is 88.5 cm³/mol. The average molecular weight is 335 g/mol. The topological polar surface area (TPSA) is 125 Å². The molecule has 5 N–H and O–H groups in total. The molecule has 0 radical (unpaired) electrons. The van der Waals surface area contributed by atoms with Crippen LogP contribution in [0.5, 0.6) is 0 Å². The molecule has 2 rings (SSSR count). The number of sulfonamides is 1. The third-order valence-corrected chi connectivity index (χ3v) is 4.48. The molecule has 2 aromatic rings. The minimum absolute atomic E-state index is 0.0110. The van der Waals surface area contributed by atoms with Crippen molar-refractivity contribution < 1.29 is 17.9 Å². The van der Waals surface area contributed by atoms with Gasteiger partial charge in [0.15, 0.2) is 0 Å². The summed E-state index contributed by atoms with van der Waals surface area (Å²) in [5.74, 6) is -0.470. The minimum Gasteiger partial charge on any atom is -0.462 e. The quantitative estimate of drug-likeness (QED) is 0.565. The van der Waals surface area contributed by atoms with Gasteiger partial charge >= 0.3 is 5.97 Å². The Bertz CT molecular complexity index is 817. The maximum absolute atomic E-state index is 12.4. The molecule has 0 fully saturated rings. The molecule has 8 heteroatoms. The highest BCUT2D eigenvalue weighted by Crippen LogP contribution is 2.26. The molecule has 0 unspecified atom stereocenters. The lowest BCUT2D eigenvalue weighted by Crippen LogP contribution is -2.15. The van der Waals surface area contributed by atoms with E-state index in [0.29, 0.717) is 11.3 Å². The molecular formula is C15H17N3O4S. The summed E-state index contributed by atoms with van der Waals surface area (Å²) < 4.78 is 32.0. The molecule has 0 saturated carbocycles. The van der Waals surface area contributed by atoms with E-state index in [2.05, 4.69) is 4.72 Å². The van der Waals surface area contributed by atoms with Crippen molar-refractivity contribution in [2.75, 3.05) is 22.8 Å². The Balaban J connectivity index is 2.24. The van der Waals surface area contributed by atoms with Gasteiger partial charge in [-0.05, 0) is 43.3 Å². The summed E-state index contributed by atoms with van der Waals surface area (Å²) in [6, 6.07) is 10.3. The van der Waals surface area contributed by atoms with E-state index in [4.69, 9.17) is 16.2 Å². The number of benzene rings is 2. The van der Waals surface area contributed by atoms with Crippen LogP contribution in [-0.4, -0.2) is 21.0 Å². The Morgan fingerprint density at radius 1 is 1.13 bits per heavy atom. The second-order valence-electron chi connectivity index (χ2n) is 4.66. The summed E-state index contributed by atoms with van der Waals surface area (Å²) in [4.78, 5) is 11.4. The highest BCUT2D eigenvalue weighted by molar-refractivity contribution is 7.92. The fraction of sp³-hybridized carbons (Fsp3) is 0.133. The first kappa shape index (κ1) is 16.6. The fourth-order valence-electron chi connectivity index (χ4n) is 1.89. The highest BCUT2D eigenvalue weighted by atomic mass is 32.2. The molecule has 0 amide bonds. The molecule has 2 aromatic carbocycles. The number of nitrogen functional groups attached to an aromatic ring is 2. The lowest BCUT2D eigenvalue weighted by Gasteiger charge is -2.11. The van der Waals surface area contributed by atoms with Crippen molar-refractivity contribution in [3.63, 3.8) is 0 Å². The number of carbonyl (C=O) groups is 1. The third-order valence-electron chi connectivity index (χ3n) is 3.04. The second-order valence-corrected chi connectivity index (χ2v) is 6.31. The second kappa shape index (κ2) is 6.57. The van der Waals surface area contributed by atoms with Crippen LogP contribution in [0, 0.1) is 0 Å². The van der Waals surface area contributed by atoms with E-state index in [9.17, 15) is 13.2 Å². The lowest BCUT2D eigenvalue weighted by atomic mass is 10.2. The van der Waals surface area contributed by atoms with Gasteiger partial charge in [0, 0.05) is 5.69 Å². The number of anilines is 3.